The highest BCUT2D eigenvalue weighted by Crippen LogP contribution is 2.13. The van der Waals surface area contributed by atoms with Crippen LogP contribution in [0.15, 0.2) is 0 Å². The first-order valence-electron chi connectivity index (χ1n) is 4.14. The minimum Gasteiger partial charge on any atom is -0.394 e. The minimum atomic E-state index is -1.31. The topological polar surface area (TPSA) is 113 Å². The molecule has 0 saturated carbocycles. The van der Waals surface area contributed by atoms with Gasteiger partial charge in [0.1, 0.15) is 12.2 Å². The van der Waals surface area contributed by atoms with Gasteiger partial charge < -0.3 is 30.8 Å². The predicted molar refractivity (Wildman–Crippen MR) is 42.9 cm³/mol. The largest absolute Gasteiger partial charge is 0.394 e. The van der Waals surface area contributed by atoms with E-state index >= 15 is 0 Å². The molecule has 6 nitrogen and oxygen atoms in total. The first-order chi connectivity index (χ1) is 6.07. The Morgan fingerprint density at radius 1 is 1.31 bits per heavy atom. The zero-order valence-corrected chi connectivity index (χ0v) is 7.04. The van der Waals surface area contributed by atoms with Crippen LogP contribution < -0.4 is 5.32 Å². The second-order valence-corrected chi connectivity index (χ2v) is 3.23. The van der Waals surface area contributed by atoms with Crippen LogP contribution in [0.4, 0.5) is 0 Å². The fourth-order valence-corrected chi connectivity index (χ4v) is 1.41. The molecule has 1 heterocycles. The van der Waals surface area contributed by atoms with Crippen LogP contribution in [0.1, 0.15) is 0 Å². The van der Waals surface area contributed by atoms with E-state index in [0.717, 1.165) is 0 Å². The molecule has 0 spiro atoms. The summed E-state index contributed by atoms with van der Waals surface area (Å²) in [5.41, 5.74) is 0. The monoisotopic (exact) mass is 193 g/mol. The van der Waals surface area contributed by atoms with Gasteiger partial charge in [-0.3, -0.25) is 0 Å². The van der Waals surface area contributed by atoms with Crippen molar-refractivity contribution in [3.05, 3.63) is 0 Å². The maximum atomic E-state index is 9.36. The van der Waals surface area contributed by atoms with Crippen molar-refractivity contribution in [3.63, 3.8) is 0 Å². The molecule has 1 rings (SSSR count). The number of aliphatic hydroxyl groups excluding tert-OH is 5. The van der Waals surface area contributed by atoms with Gasteiger partial charge in [0.2, 0.25) is 0 Å². The molecular weight excluding hydrogens is 178 g/mol. The highest BCUT2D eigenvalue weighted by Gasteiger charge is 2.39. The molecule has 1 saturated heterocycles. The highest BCUT2D eigenvalue weighted by molar-refractivity contribution is 4.96. The zero-order chi connectivity index (χ0) is 10.0. The molecule has 1 aliphatic rings. The molecule has 6 heteroatoms. The second-order valence-electron chi connectivity index (χ2n) is 3.23. The lowest BCUT2D eigenvalue weighted by atomic mass is 10.0. The summed E-state index contributed by atoms with van der Waals surface area (Å²) in [6.07, 6.45) is -4.64. The maximum Gasteiger partial charge on any atom is 0.105 e. The van der Waals surface area contributed by atoms with Gasteiger partial charge in [0.25, 0.3) is 0 Å². The van der Waals surface area contributed by atoms with Crippen molar-refractivity contribution in [2.45, 2.75) is 30.5 Å². The van der Waals surface area contributed by atoms with Crippen LogP contribution in [0.3, 0.4) is 0 Å². The lowest BCUT2D eigenvalue weighted by Gasteiger charge is -2.25. The Kier molecular flexibility index (Phi) is 3.60. The van der Waals surface area contributed by atoms with Gasteiger partial charge in [-0.05, 0) is 0 Å². The molecule has 78 valence electrons. The number of rotatable bonds is 3. The predicted octanol–water partition coefficient (Wildman–Crippen LogP) is -3.61. The molecule has 13 heavy (non-hydrogen) atoms. The molecule has 5 atom stereocenters. The highest BCUT2D eigenvalue weighted by atomic mass is 16.4. The molecule has 0 aromatic rings. The molecule has 0 aliphatic carbocycles. The average molecular weight is 193 g/mol. The quantitative estimate of drug-likeness (QED) is 0.276. The summed E-state index contributed by atoms with van der Waals surface area (Å²) in [7, 11) is 0. The van der Waals surface area contributed by atoms with Gasteiger partial charge in [-0.1, -0.05) is 0 Å². The Morgan fingerprint density at radius 3 is 2.31 bits per heavy atom. The van der Waals surface area contributed by atoms with Crippen molar-refractivity contribution in [1.29, 1.82) is 0 Å². The first-order valence-corrected chi connectivity index (χ1v) is 4.14. The lowest BCUT2D eigenvalue weighted by molar-refractivity contribution is -0.0593. The number of aliphatic hydroxyl groups is 5. The van der Waals surface area contributed by atoms with E-state index in [9.17, 15) is 10.2 Å². The van der Waals surface area contributed by atoms with E-state index in [1.54, 1.807) is 0 Å². The number of hydrogen-bond donors (Lipinski definition) is 6. The van der Waals surface area contributed by atoms with E-state index in [1.807, 2.05) is 0 Å². The number of hydrogen-bond acceptors (Lipinski definition) is 6. The standard InChI is InChI=1S/C7H15NO5/c9-2-4(11)7(13)5-6(12)3(10)1-8-5/h3-13H,1-2H2. The molecule has 1 aliphatic heterocycles. The summed E-state index contributed by atoms with van der Waals surface area (Å²) in [5.74, 6) is 0. The van der Waals surface area contributed by atoms with Crippen LogP contribution in [-0.4, -0.2) is 69.1 Å². The second kappa shape index (κ2) is 4.32. The van der Waals surface area contributed by atoms with Gasteiger partial charge in [0, 0.05) is 6.54 Å². The van der Waals surface area contributed by atoms with Gasteiger partial charge in [0.05, 0.1) is 24.9 Å². The van der Waals surface area contributed by atoms with Crippen LogP contribution in [0.5, 0.6) is 0 Å². The third kappa shape index (κ3) is 2.16. The summed E-state index contributed by atoms with van der Waals surface area (Å²) in [5, 5.41) is 48.0. The van der Waals surface area contributed by atoms with Crippen molar-refractivity contribution in [1.82, 2.24) is 5.32 Å². The van der Waals surface area contributed by atoms with Crippen LogP contribution in [0.25, 0.3) is 0 Å². The van der Waals surface area contributed by atoms with Gasteiger partial charge in [0.15, 0.2) is 0 Å². The van der Waals surface area contributed by atoms with E-state index in [1.165, 1.54) is 0 Å². The summed E-state index contributed by atoms with van der Waals surface area (Å²) >= 11 is 0. The smallest absolute Gasteiger partial charge is 0.105 e. The van der Waals surface area contributed by atoms with E-state index < -0.39 is 37.1 Å². The summed E-state index contributed by atoms with van der Waals surface area (Å²) in [4.78, 5) is 0. The summed E-state index contributed by atoms with van der Waals surface area (Å²) in [6.45, 7) is -0.413. The number of nitrogens with one attached hydrogen (secondary N) is 1. The Labute approximate surface area is 75.4 Å². The summed E-state index contributed by atoms with van der Waals surface area (Å²) in [6, 6.07) is -0.794. The van der Waals surface area contributed by atoms with E-state index in [0.29, 0.717) is 0 Å². The Balaban J connectivity index is 2.52. The van der Waals surface area contributed by atoms with Crippen LogP contribution in [-0.2, 0) is 0 Å². The van der Waals surface area contributed by atoms with Crippen molar-refractivity contribution in [2.75, 3.05) is 13.2 Å². The first kappa shape index (κ1) is 10.8. The van der Waals surface area contributed by atoms with Crippen LogP contribution in [0, 0.1) is 0 Å². The molecule has 6 N–H and O–H groups in total. The van der Waals surface area contributed by atoms with Gasteiger partial charge >= 0.3 is 0 Å². The fourth-order valence-electron chi connectivity index (χ4n) is 1.41. The molecule has 0 aromatic heterocycles. The molecule has 1 fully saturated rings. The SMILES string of the molecule is OCC(O)C(O)C1NCC(O)C1O. The van der Waals surface area contributed by atoms with Crippen LogP contribution >= 0.6 is 0 Å². The van der Waals surface area contributed by atoms with Gasteiger partial charge in [-0.15, -0.1) is 0 Å². The summed E-state index contributed by atoms with van der Waals surface area (Å²) < 4.78 is 0. The fraction of sp³-hybridized carbons (Fsp3) is 1.00. The van der Waals surface area contributed by atoms with E-state index in [2.05, 4.69) is 5.32 Å². The number of β-amino-alcohol motifs (C(OH)–C–C–N with tert-alkyl or cyclic N) is 1. The third-order valence-electron chi connectivity index (χ3n) is 2.27. The van der Waals surface area contributed by atoms with Crippen molar-refractivity contribution < 1.29 is 25.5 Å². The van der Waals surface area contributed by atoms with Crippen molar-refractivity contribution >= 4 is 0 Å². The van der Waals surface area contributed by atoms with Crippen molar-refractivity contribution in [3.8, 4) is 0 Å². The maximum absolute atomic E-state index is 9.36. The Morgan fingerprint density at radius 2 is 1.92 bits per heavy atom. The zero-order valence-electron chi connectivity index (χ0n) is 7.04. The van der Waals surface area contributed by atoms with Gasteiger partial charge in [-0.25, -0.2) is 0 Å². The Bertz CT molecular complexity index is 167. The molecule has 0 bridgehead atoms. The molecule has 5 unspecified atom stereocenters. The van der Waals surface area contributed by atoms with E-state index in [-0.39, 0.29) is 6.54 Å². The molecule has 0 radical (unpaired) electrons. The minimum absolute atomic E-state index is 0.168. The van der Waals surface area contributed by atoms with E-state index in [4.69, 9.17) is 15.3 Å². The third-order valence-corrected chi connectivity index (χ3v) is 2.27. The average Bonchev–Trinajstić information content (AvgIpc) is 2.45. The van der Waals surface area contributed by atoms with Gasteiger partial charge in [-0.2, -0.15) is 0 Å². The normalized spacial score (nSPS) is 39.0. The lowest BCUT2D eigenvalue weighted by Crippen LogP contribution is -2.50. The molecule has 0 aromatic carbocycles. The van der Waals surface area contributed by atoms with Crippen molar-refractivity contribution in [2.24, 2.45) is 0 Å². The Hall–Kier alpha value is -0.240. The molecule has 0 amide bonds. The van der Waals surface area contributed by atoms with Crippen LogP contribution in [0.2, 0.25) is 0 Å². The molecular formula is C7H15NO5.